The molecule has 1 unspecified atom stereocenters. The smallest absolute Gasteiger partial charge is 0.331 e. The number of carbonyl (C=O) groups is 2. The fraction of sp³-hybridized carbons (Fsp3) is 0.867. The minimum absolute atomic E-state index is 0.0169. The van der Waals surface area contributed by atoms with E-state index in [-0.39, 0.29) is 17.8 Å². The zero-order chi connectivity index (χ0) is 14.3. The number of esters is 1. The molecular weight excluding hydrogens is 242 g/mol. The Hall–Kier alpha value is -1.06. The van der Waals surface area contributed by atoms with Gasteiger partial charge in [0.1, 0.15) is 5.54 Å². The van der Waals surface area contributed by atoms with Crippen molar-refractivity contribution >= 4 is 11.9 Å². The van der Waals surface area contributed by atoms with Crippen molar-refractivity contribution in [3.63, 3.8) is 0 Å². The van der Waals surface area contributed by atoms with Crippen molar-refractivity contribution in [1.29, 1.82) is 0 Å². The highest BCUT2D eigenvalue weighted by molar-refractivity contribution is 5.88. The van der Waals surface area contributed by atoms with Gasteiger partial charge in [-0.1, -0.05) is 39.0 Å². The second kappa shape index (κ2) is 7.51. The molecule has 0 spiro atoms. The first-order valence-electron chi connectivity index (χ1n) is 7.44. The van der Waals surface area contributed by atoms with Crippen LogP contribution in [0.25, 0.3) is 0 Å². The van der Waals surface area contributed by atoms with E-state index in [9.17, 15) is 9.59 Å². The summed E-state index contributed by atoms with van der Waals surface area (Å²) < 4.78 is 4.83. The lowest BCUT2D eigenvalue weighted by molar-refractivity contribution is -0.151. The molecule has 0 aromatic heterocycles. The van der Waals surface area contributed by atoms with Crippen LogP contribution in [0, 0.1) is 5.92 Å². The Morgan fingerprint density at radius 3 is 2.26 bits per heavy atom. The molecular formula is C15H27NO3. The summed E-state index contributed by atoms with van der Waals surface area (Å²) in [6.45, 7) is 3.76. The Balaban J connectivity index is 2.66. The summed E-state index contributed by atoms with van der Waals surface area (Å²) in [6, 6.07) is 0. The molecule has 110 valence electrons. The van der Waals surface area contributed by atoms with E-state index in [2.05, 4.69) is 5.32 Å². The van der Waals surface area contributed by atoms with Gasteiger partial charge in [-0.15, -0.1) is 0 Å². The van der Waals surface area contributed by atoms with E-state index in [1.807, 2.05) is 6.92 Å². The molecule has 1 aliphatic carbocycles. The van der Waals surface area contributed by atoms with Crippen LogP contribution in [-0.2, 0) is 14.3 Å². The lowest BCUT2D eigenvalue weighted by atomic mass is 9.93. The summed E-state index contributed by atoms with van der Waals surface area (Å²) in [7, 11) is 1.37. The molecule has 1 aliphatic rings. The average molecular weight is 269 g/mol. The van der Waals surface area contributed by atoms with Gasteiger partial charge in [0, 0.05) is 5.92 Å². The van der Waals surface area contributed by atoms with Crippen LogP contribution in [0.2, 0.25) is 0 Å². The lowest BCUT2D eigenvalue weighted by Crippen LogP contribution is -2.54. The SMILES string of the molecule is CCCC(C)(NC(=O)C1CCCCCC1)C(=O)OC. The molecule has 0 bridgehead atoms. The van der Waals surface area contributed by atoms with Crippen LogP contribution in [0.4, 0.5) is 0 Å². The standard InChI is InChI=1S/C15H27NO3/c1-4-11-15(2,14(18)19-3)16-13(17)12-9-7-5-6-8-10-12/h12H,4-11H2,1-3H3,(H,16,17). The maximum absolute atomic E-state index is 12.3. The van der Waals surface area contributed by atoms with E-state index >= 15 is 0 Å². The number of hydrogen-bond donors (Lipinski definition) is 1. The van der Waals surface area contributed by atoms with E-state index < -0.39 is 5.54 Å². The molecule has 0 saturated heterocycles. The molecule has 0 aromatic carbocycles. The van der Waals surface area contributed by atoms with Gasteiger partial charge in [-0.2, -0.15) is 0 Å². The third-order valence-corrected chi connectivity index (χ3v) is 4.01. The number of hydrogen-bond acceptors (Lipinski definition) is 3. The summed E-state index contributed by atoms with van der Waals surface area (Å²) in [6.07, 6.45) is 7.97. The second-order valence-corrected chi connectivity index (χ2v) is 5.75. The zero-order valence-electron chi connectivity index (χ0n) is 12.5. The Morgan fingerprint density at radius 2 is 1.79 bits per heavy atom. The van der Waals surface area contributed by atoms with Crippen LogP contribution < -0.4 is 5.32 Å². The molecule has 4 heteroatoms. The van der Waals surface area contributed by atoms with Gasteiger partial charge in [0.05, 0.1) is 7.11 Å². The monoisotopic (exact) mass is 269 g/mol. The van der Waals surface area contributed by atoms with Crippen LogP contribution in [0.5, 0.6) is 0 Å². The minimum Gasteiger partial charge on any atom is -0.467 e. The highest BCUT2D eigenvalue weighted by Crippen LogP contribution is 2.24. The third kappa shape index (κ3) is 4.51. The fourth-order valence-electron chi connectivity index (χ4n) is 2.86. The minimum atomic E-state index is -0.882. The number of carbonyl (C=O) groups excluding carboxylic acids is 2. The molecule has 0 heterocycles. The maximum Gasteiger partial charge on any atom is 0.331 e. The summed E-state index contributed by atoms with van der Waals surface area (Å²) in [5, 5.41) is 2.93. The van der Waals surface area contributed by atoms with Crippen molar-refractivity contribution in [2.45, 2.75) is 70.8 Å². The van der Waals surface area contributed by atoms with Gasteiger partial charge in [-0.25, -0.2) is 4.79 Å². The number of amides is 1. The van der Waals surface area contributed by atoms with Crippen LogP contribution in [0.3, 0.4) is 0 Å². The Bertz CT molecular complexity index is 309. The molecule has 1 rings (SSSR count). The van der Waals surface area contributed by atoms with Crippen molar-refractivity contribution in [3.8, 4) is 0 Å². The Morgan fingerprint density at radius 1 is 1.21 bits per heavy atom. The Kier molecular flexibility index (Phi) is 6.32. The van der Waals surface area contributed by atoms with Gasteiger partial charge in [0.15, 0.2) is 0 Å². The normalized spacial score (nSPS) is 20.2. The van der Waals surface area contributed by atoms with Gasteiger partial charge >= 0.3 is 5.97 Å². The molecule has 1 amide bonds. The molecule has 0 aromatic rings. The number of methoxy groups -OCH3 is 1. The zero-order valence-corrected chi connectivity index (χ0v) is 12.5. The van der Waals surface area contributed by atoms with Gasteiger partial charge in [0.2, 0.25) is 5.91 Å². The predicted octanol–water partition coefficient (Wildman–Crippen LogP) is 2.80. The molecule has 1 fully saturated rings. The van der Waals surface area contributed by atoms with Crippen LogP contribution in [0.1, 0.15) is 65.2 Å². The quantitative estimate of drug-likeness (QED) is 0.617. The highest BCUT2D eigenvalue weighted by atomic mass is 16.5. The highest BCUT2D eigenvalue weighted by Gasteiger charge is 2.36. The molecule has 4 nitrogen and oxygen atoms in total. The summed E-state index contributed by atoms with van der Waals surface area (Å²) in [4.78, 5) is 24.2. The number of nitrogens with one attached hydrogen (secondary N) is 1. The first-order valence-corrected chi connectivity index (χ1v) is 7.44. The van der Waals surface area contributed by atoms with Gasteiger partial charge in [-0.3, -0.25) is 4.79 Å². The van der Waals surface area contributed by atoms with Crippen molar-refractivity contribution in [2.75, 3.05) is 7.11 Å². The molecule has 0 aliphatic heterocycles. The molecule has 19 heavy (non-hydrogen) atoms. The second-order valence-electron chi connectivity index (χ2n) is 5.75. The molecule has 1 N–H and O–H groups in total. The van der Waals surface area contributed by atoms with Crippen molar-refractivity contribution in [3.05, 3.63) is 0 Å². The molecule has 1 saturated carbocycles. The van der Waals surface area contributed by atoms with Crippen LogP contribution in [-0.4, -0.2) is 24.5 Å². The van der Waals surface area contributed by atoms with Crippen LogP contribution >= 0.6 is 0 Å². The maximum atomic E-state index is 12.3. The summed E-state index contributed by atoms with van der Waals surface area (Å²) in [5.74, 6) is -0.275. The number of rotatable bonds is 5. The van der Waals surface area contributed by atoms with Crippen molar-refractivity contribution in [2.24, 2.45) is 5.92 Å². The first-order chi connectivity index (χ1) is 9.03. The van der Waals surface area contributed by atoms with Crippen molar-refractivity contribution in [1.82, 2.24) is 5.32 Å². The van der Waals surface area contributed by atoms with E-state index in [1.54, 1.807) is 6.92 Å². The largest absolute Gasteiger partial charge is 0.467 e. The van der Waals surface area contributed by atoms with Crippen LogP contribution in [0.15, 0.2) is 0 Å². The lowest BCUT2D eigenvalue weighted by Gasteiger charge is -2.29. The molecule has 0 radical (unpaired) electrons. The predicted molar refractivity (Wildman–Crippen MR) is 74.7 cm³/mol. The molecule has 1 atom stereocenters. The van der Waals surface area contributed by atoms with Crippen molar-refractivity contribution < 1.29 is 14.3 Å². The Labute approximate surface area is 116 Å². The summed E-state index contributed by atoms with van der Waals surface area (Å²) in [5.41, 5.74) is -0.882. The van der Waals surface area contributed by atoms with E-state index in [0.29, 0.717) is 6.42 Å². The van der Waals surface area contributed by atoms with E-state index in [4.69, 9.17) is 4.74 Å². The van der Waals surface area contributed by atoms with Gasteiger partial charge < -0.3 is 10.1 Å². The first kappa shape index (κ1) is 16.0. The van der Waals surface area contributed by atoms with E-state index in [0.717, 1.165) is 32.1 Å². The number of ether oxygens (including phenoxy) is 1. The van der Waals surface area contributed by atoms with E-state index in [1.165, 1.54) is 20.0 Å². The topological polar surface area (TPSA) is 55.4 Å². The van der Waals surface area contributed by atoms with Gasteiger partial charge in [0.25, 0.3) is 0 Å². The average Bonchev–Trinajstić information content (AvgIpc) is 2.66. The third-order valence-electron chi connectivity index (χ3n) is 4.01. The summed E-state index contributed by atoms with van der Waals surface area (Å²) >= 11 is 0. The fourth-order valence-corrected chi connectivity index (χ4v) is 2.86. The van der Waals surface area contributed by atoms with Gasteiger partial charge in [-0.05, 0) is 26.2 Å².